The van der Waals surface area contributed by atoms with Gasteiger partial charge in [-0.1, -0.05) is 32.4 Å². The quantitative estimate of drug-likeness (QED) is 0.407. The van der Waals surface area contributed by atoms with Crippen molar-refractivity contribution in [3.63, 3.8) is 0 Å². The Bertz CT molecular complexity index is 1120. The summed E-state index contributed by atoms with van der Waals surface area (Å²) in [5.41, 5.74) is 8.11. The summed E-state index contributed by atoms with van der Waals surface area (Å²) in [6.45, 7) is 8.69. The van der Waals surface area contributed by atoms with Crippen LogP contribution < -0.4 is 15.2 Å². The molecule has 0 amide bonds. The van der Waals surface area contributed by atoms with E-state index in [1.54, 1.807) is 6.07 Å². The Kier molecular flexibility index (Phi) is 11.1. The average molecular weight is 482 g/mol. The summed E-state index contributed by atoms with van der Waals surface area (Å²) in [4.78, 5) is 0. The minimum Gasteiger partial charge on any atom is -0.493 e. The summed E-state index contributed by atoms with van der Waals surface area (Å²) < 4.78 is 22.4. The summed E-state index contributed by atoms with van der Waals surface area (Å²) in [5, 5.41) is 11.0. The van der Waals surface area contributed by atoms with Gasteiger partial charge in [0, 0.05) is 23.3 Å². The number of fused-ring (bicyclic) bond motifs is 1. The van der Waals surface area contributed by atoms with E-state index in [2.05, 4.69) is 6.07 Å². The summed E-state index contributed by atoms with van der Waals surface area (Å²) >= 11 is 6.42. The van der Waals surface area contributed by atoms with E-state index >= 15 is 0 Å². The second-order valence-electron chi connectivity index (χ2n) is 7.82. The normalized spacial score (nSPS) is 16.0. The molecule has 1 aromatic heterocycles. The van der Waals surface area contributed by atoms with Gasteiger partial charge in [-0.05, 0) is 61.6 Å². The fourth-order valence-electron chi connectivity index (χ4n) is 3.73. The third-order valence-electron chi connectivity index (χ3n) is 5.30. The number of hydrogen-bond donors (Lipinski definition) is 1. The summed E-state index contributed by atoms with van der Waals surface area (Å²) in [5.74, 6) is 1.86. The van der Waals surface area contributed by atoms with E-state index in [0.717, 1.165) is 48.8 Å². The smallest absolute Gasteiger partial charge is 0.155 e. The first-order valence-electron chi connectivity index (χ1n) is 11.8. The third kappa shape index (κ3) is 6.85. The van der Waals surface area contributed by atoms with E-state index in [1.165, 1.54) is 6.82 Å². The Hall–Kier alpha value is -2.82. The van der Waals surface area contributed by atoms with Gasteiger partial charge in [-0.25, -0.2) is 0 Å². The minimum absolute atomic E-state index is 0.337. The molecule has 3 aromatic rings. The van der Waals surface area contributed by atoms with Gasteiger partial charge in [0.15, 0.2) is 5.75 Å². The fraction of sp³-hybridized carbons (Fsp3) is 0.423. The zero-order chi connectivity index (χ0) is 25.1. The molecule has 0 aliphatic heterocycles. The molecule has 6 nitrogen and oxygen atoms in total. The van der Waals surface area contributed by atoms with Gasteiger partial charge < -0.3 is 19.8 Å². The van der Waals surface area contributed by atoms with Crippen LogP contribution in [0.5, 0.6) is 11.5 Å². The molecule has 2 aromatic carbocycles. The SMILES string of the molecule is CB=O.CC.CCCOc1c(Cl)cc(-n2ccc3cc(OCC4CC(N)C4)ccc32)cc1C#N. The van der Waals surface area contributed by atoms with Gasteiger partial charge in [-0.3, -0.25) is 0 Å². The Morgan fingerprint density at radius 2 is 1.91 bits per heavy atom. The van der Waals surface area contributed by atoms with Crippen molar-refractivity contribution < 1.29 is 14.2 Å². The van der Waals surface area contributed by atoms with Crippen LogP contribution in [0.2, 0.25) is 11.8 Å². The molecule has 1 fully saturated rings. The topological polar surface area (TPSA) is 90.3 Å². The maximum Gasteiger partial charge on any atom is 0.155 e. The van der Waals surface area contributed by atoms with Gasteiger partial charge in [0.2, 0.25) is 0 Å². The predicted molar refractivity (Wildman–Crippen MR) is 139 cm³/mol. The third-order valence-corrected chi connectivity index (χ3v) is 5.58. The van der Waals surface area contributed by atoms with Crippen molar-refractivity contribution in [2.24, 2.45) is 11.7 Å². The van der Waals surface area contributed by atoms with Crippen molar-refractivity contribution in [3.05, 3.63) is 53.2 Å². The molecule has 0 spiro atoms. The summed E-state index contributed by atoms with van der Waals surface area (Å²) in [6.07, 6.45) is 4.90. The van der Waals surface area contributed by atoms with Crippen molar-refractivity contribution in [3.8, 4) is 23.3 Å². The molecule has 0 atom stereocenters. The number of ether oxygens (including phenoxy) is 2. The second-order valence-corrected chi connectivity index (χ2v) is 8.22. The Balaban J connectivity index is 0.000000758. The molecule has 0 radical (unpaired) electrons. The molecule has 1 saturated carbocycles. The van der Waals surface area contributed by atoms with Crippen LogP contribution in [0.1, 0.15) is 45.6 Å². The zero-order valence-electron chi connectivity index (χ0n) is 20.4. The minimum atomic E-state index is 0.337. The number of nitrogens with two attached hydrogens (primary N) is 1. The first-order valence-corrected chi connectivity index (χ1v) is 12.1. The molecule has 180 valence electrons. The number of halogens is 1. The van der Waals surface area contributed by atoms with Crippen LogP contribution in [-0.4, -0.2) is 31.0 Å². The van der Waals surface area contributed by atoms with Crippen LogP contribution >= 0.6 is 11.6 Å². The summed E-state index contributed by atoms with van der Waals surface area (Å²) in [7, 11) is 0.750. The molecule has 2 N–H and O–H groups in total. The molecule has 1 aliphatic rings. The van der Waals surface area contributed by atoms with E-state index in [9.17, 15) is 5.26 Å². The Morgan fingerprint density at radius 3 is 2.53 bits per heavy atom. The number of benzene rings is 2. The number of aromatic nitrogens is 1. The zero-order valence-corrected chi connectivity index (χ0v) is 21.1. The van der Waals surface area contributed by atoms with Crippen molar-refractivity contribution in [1.82, 2.24) is 4.57 Å². The Morgan fingerprint density at radius 1 is 1.21 bits per heavy atom. The summed E-state index contributed by atoms with van der Waals surface area (Å²) in [6, 6.07) is 14.2. The van der Waals surface area contributed by atoms with Crippen molar-refractivity contribution in [1.29, 1.82) is 5.26 Å². The number of nitrogens with zero attached hydrogens (tertiary/aromatic N) is 2. The maximum atomic E-state index is 9.54. The molecule has 4 rings (SSSR count). The maximum absolute atomic E-state index is 9.54. The van der Waals surface area contributed by atoms with Crippen molar-refractivity contribution in [2.45, 2.75) is 52.9 Å². The van der Waals surface area contributed by atoms with Crippen LogP contribution in [0.15, 0.2) is 42.6 Å². The van der Waals surface area contributed by atoms with Crippen molar-refractivity contribution in [2.75, 3.05) is 13.2 Å². The molecule has 1 heterocycles. The van der Waals surface area contributed by atoms with Crippen LogP contribution in [-0.2, 0) is 4.70 Å². The van der Waals surface area contributed by atoms with E-state index in [4.69, 9.17) is 31.5 Å². The molecule has 0 saturated heterocycles. The van der Waals surface area contributed by atoms with E-state index < -0.39 is 0 Å². The van der Waals surface area contributed by atoms with Crippen LogP contribution in [0.25, 0.3) is 16.6 Å². The molecular formula is C26H33BClN3O3. The number of nitriles is 1. The first-order chi connectivity index (χ1) is 16.5. The second kappa shape index (κ2) is 13.8. The molecular weight excluding hydrogens is 449 g/mol. The van der Waals surface area contributed by atoms with E-state index in [-0.39, 0.29) is 0 Å². The molecule has 1 aliphatic carbocycles. The monoisotopic (exact) mass is 481 g/mol. The standard InChI is InChI=1S/C23H24ClN3O2.C2H6.CH3BO/c1-2-7-28-23-17(13-25)10-19(12-21(23)24)27-6-5-16-11-20(3-4-22(16)27)29-14-15-8-18(26)9-15;1-2;1-2-3/h3-6,10-12,15,18H,2,7-9,14,26H2,1H3;1-2H3;1H3. The number of hydrogen-bond acceptors (Lipinski definition) is 5. The van der Waals surface area contributed by atoms with Gasteiger partial charge in [-0.15, -0.1) is 0 Å². The first kappa shape index (κ1) is 27.4. The Labute approximate surface area is 207 Å². The van der Waals surface area contributed by atoms with Crippen LogP contribution in [0.4, 0.5) is 0 Å². The number of rotatable bonds is 7. The average Bonchev–Trinajstić information content (AvgIpc) is 3.25. The van der Waals surface area contributed by atoms with E-state index in [0.29, 0.717) is 41.5 Å². The van der Waals surface area contributed by atoms with Crippen LogP contribution in [0, 0.1) is 17.2 Å². The molecule has 0 unspecified atom stereocenters. The molecule has 34 heavy (non-hydrogen) atoms. The van der Waals surface area contributed by atoms with Crippen LogP contribution in [0.3, 0.4) is 0 Å². The molecule has 8 heteroatoms. The van der Waals surface area contributed by atoms with Gasteiger partial charge in [-0.2, -0.15) is 5.26 Å². The van der Waals surface area contributed by atoms with Gasteiger partial charge >= 0.3 is 18.7 Å². The largest absolute Gasteiger partial charge is 0.493 e. The van der Waals surface area contributed by atoms with Crippen molar-refractivity contribution >= 4 is 29.7 Å². The predicted octanol–water partition coefficient (Wildman–Crippen LogP) is 6.17. The van der Waals surface area contributed by atoms with E-state index in [1.807, 2.05) is 61.9 Å². The van der Waals surface area contributed by atoms with Gasteiger partial charge in [0.05, 0.1) is 29.3 Å². The molecule has 0 bridgehead atoms. The van der Waals surface area contributed by atoms with Gasteiger partial charge in [0.25, 0.3) is 0 Å². The van der Waals surface area contributed by atoms with Gasteiger partial charge in [0.1, 0.15) is 11.8 Å². The fourth-order valence-corrected chi connectivity index (χ4v) is 3.99.